The van der Waals surface area contributed by atoms with Gasteiger partial charge in [0, 0.05) is 6.54 Å². The molecule has 6 nitrogen and oxygen atoms in total. The van der Waals surface area contributed by atoms with Crippen molar-refractivity contribution in [3.63, 3.8) is 0 Å². The predicted octanol–water partition coefficient (Wildman–Crippen LogP) is 2.00. The summed E-state index contributed by atoms with van der Waals surface area (Å²) in [4.78, 5) is 10.8. The van der Waals surface area contributed by atoms with Crippen LogP contribution in [0, 0.1) is 0 Å². The lowest BCUT2D eigenvalue weighted by Gasteiger charge is -2.24. The molecule has 2 rings (SSSR count). The summed E-state index contributed by atoms with van der Waals surface area (Å²) < 4.78 is 26.5. The number of aliphatic carboxylic acids is 1. The van der Waals surface area contributed by atoms with Gasteiger partial charge in [-0.25, -0.2) is 8.42 Å². The van der Waals surface area contributed by atoms with Crippen molar-refractivity contribution in [3.8, 4) is 0 Å². The minimum absolute atomic E-state index is 0.149. The van der Waals surface area contributed by atoms with Crippen LogP contribution in [0.25, 0.3) is 0 Å². The molecule has 112 valence electrons. The zero-order chi connectivity index (χ0) is 15.5. The topological polar surface area (TPSA) is 101 Å². The van der Waals surface area contributed by atoms with E-state index in [0.717, 1.165) is 15.6 Å². The van der Waals surface area contributed by atoms with Gasteiger partial charge in [0.25, 0.3) is 10.0 Å². The molecule has 0 fully saturated rings. The van der Waals surface area contributed by atoms with E-state index in [9.17, 15) is 13.2 Å². The van der Waals surface area contributed by atoms with Gasteiger partial charge in [-0.3, -0.25) is 9.10 Å². The van der Waals surface area contributed by atoms with Crippen molar-refractivity contribution in [2.45, 2.75) is 10.6 Å². The second kappa shape index (κ2) is 6.15. The van der Waals surface area contributed by atoms with Gasteiger partial charge in [0.2, 0.25) is 0 Å². The first-order chi connectivity index (χ1) is 9.93. The average molecular weight is 326 g/mol. The van der Waals surface area contributed by atoms with Crippen molar-refractivity contribution < 1.29 is 18.3 Å². The van der Waals surface area contributed by atoms with Crippen LogP contribution in [-0.4, -0.2) is 26.0 Å². The Morgan fingerprint density at radius 1 is 1.24 bits per heavy atom. The first kappa shape index (κ1) is 15.3. The monoisotopic (exact) mass is 326 g/mol. The van der Waals surface area contributed by atoms with Crippen LogP contribution in [0.4, 0.5) is 11.4 Å². The van der Waals surface area contributed by atoms with Crippen LogP contribution < -0.4 is 10.0 Å². The third-order valence-electron chi connectivity index (χ3n) is 2.77. The number of carboxylic acids is 1. The van der Waals surface area contributed by atoms with Crippen LogP contribution >= 0.6 is 11.3 Å². The summed E-state index contributed by atoms with van der Waals surface area (Å²) in [6.07, 6.45) is -0.307. The molecule has 0 amide bonds. The van der Waals surface area contributed by atoms with Gasteiger partial charge in [0.15, 0.2) is 0 Å². The Morgan fingerprint density at radius 2 is 1.95 bits per heavy atom. The molecule has 0 aliphatic heterocycles. The van der Waals surface area contributed by atoms with Crippen LogP contribution in [0.1, 0.15) is 6.42 Å². The highest BCUT2D eigenvalue weighted by molar-refractivity contribution is 7.94. The summed E-state index contributed by atoms with van der Waals surface area (Å²) in [5.74, 6) is -1.07. The molecular weight excluding hydrogens is 312 g/mol. The largest absolute Gasteiger partial charge is 0.481 e. The highest BCUT2D eigenvalue weighted by Crippen LogP contribution is 2.30. The van der Waals surface area contributed by atoms with Crippen LogP contribution in [0.15, 0.2) is 46.0 Å². The van der Waals surface area contributed by atoms with Crippen LogP contribution in [0.2, 0.25) is 0 Å². The van der Waals surface area contributed by atoms with Crippen molar-refractivity contribution in [1.29, 1.82) is 0 Å². The maximum atomic E-state index is 12.6. The number of carboxylic acid groups (broad SMARTS) is 1. The molecule has 0 bridgehead atoms. The Hall–Kier alpha value is -2.06. The zero-order valence-corrected chi connectivity index (χ0v) is 12.6. The fourth-order valence-corrected chi connectivity index (χ4v) is 4.40. The third kappa shape index (κ3) is 3.34. The molecule has 0 saturated carbocycles. The Balaban J connectivity index is 2.47. The summed E-state index contributed by atoms with van der Waals surface area (Å²) in [6.45, 7) is -0.177. The number of rotatable bonds is 6. The Morgan fingerprint density at radius 3 is 2.52 bits per heavy atom. The predicted molar refractivity (Wildman–Crippen MR) is 82.0 cm³/mol. The van der Waals surface area contributed by atoms with E-state index in [2.05, 4.69) is 0 Å². The van der Waals surface area contributed by atoms with Crippen LogP contribution in [0.5, 0.6) is 0 Å². The molecule has 21 heavy (non-hydrogen) atoms. The number of sulfonamides is 1. The SMILES string of the molecule is Nc1ccccc1N(CCC(=O)O)S(=O)(=O)c1cccs1. The van der Waals surface area contributed by atoms with Crippen LogP contribution in [0.3, 0.4) is 0 Å². The van der Waals surface area contributed by atoms with E-state index in [1.54, 1.807) is 35.7 Å². The zero-order valence-electron chi connectivity index (χ0n) is 11.0. The molecule has 1 heterocycles. The van der Waals surface area contributed by atoms with Crippen LogP contribution in [-0.2, 0) is 14.8 Å². The smallest absolute Gasteiger partial charge is 0.305 e. The second-order valence-corrected chi connectivity index (χ2v) is 7.25. The molecule has 0 radical (unpaired) electrons. The van der Waals surface area contributed by atoms with Gasteiger partial charge in [-0.15, -0.1) is 11.3 Å². The average Bonchev–Trinajstić information content (AvgIpc) is 2.95. The number of nitrogens with zero attached hydrogens (tertiary/aromatic N) is 1. The fourth-order valence-electron chi connectivity index (χ4n) is 1.80. The molecule has 8 heteroatoms. The summed E-state index contributed by atoms with van der Waals surface area (Å²) in [5, 5.41) is 10.5. The van der Waals surface area contributed by atoms with Gasteiger partial charge >= 0.3 is 5.97 Å². The highest BCUT2D eigenvalue weighted by atomic mass is 32.2. The van der Waals surface area contributed by atoms with E-state index in [1.807, 2.05) is 0 Å². The van der Waals surface area contributed by atoms with Crippen molar-refractivity contribution in [3.05, 3.63) is 41.8 Å². The molecule has 0 atom stereocenters. The molecule has 0 unspecified atom stereocenters. The highest BCUT2D eigenvalue weighted by Gasteiger charge is 2.27. The standard InChI is InChI=1S/C13H14N2O4S2/c14-10-4-1-2-5-11(10)15(8-7-12(16)17)21(18,19)13-6-3-9-20-13/h1-6,9H,7-8,14H2,(H,16,17). The van der Waals surface area contributed by atoms with Crippen molar-refractivity contribution >= 4 is 38.7 Å². The normalized spacial score (nSPS) is 11.2. The van der Waals surface area contributed by atoms with Gasteiger partial charge in [-0.1, -0.05) is 18.2 Å². The van der Waals surface area contributed by atoms with Gasteiger partial charge in [-0.05, 0) is 23.6 Å². The molecule has 1 aromatic heterocycles. The molecule has 1 aromatic carbocycles. The minimum Gasteiger partial charge on any atom is -0.481 e. The van der Waals surface area contributed by atoms with E-state index < -0.39 is 16.0 Å². The summed E-state index contributed by atoms with van der Waals surface area (Å²) >= 11 is 1.08. The fraction of sp³-hybridized carbons (Fsp3) is 0.154. The van der Waals surface area contributed by atoms with E-state index in [0.29, 0.717) is 0 Å². The van der Waals surface area contributed by atoms with Gasteiger partial charge in [-0.2, -0.15) is 0 Å². The van der Waals surface area contributed by atoms with E-state index in [-0.39, 0.29) is 28.5 Å². The Bertz CT molecular complexity index is 726. The number of carbonyl (C=O) groups is 1. The summed E-state index contributed by atoms with van der Waals surface area (Å²) in [6, 6.07) is 9.58. The van der Waals surface area contributed by atoms with Gasteiger partial charge in [0.1, 0.15) is 4.21 Å². The Kier molecular flexibility index (Phi) is 4.49. The molecule has 0 saturated heterocycles. The number of thiophene rings is 1. The molecular formula is C13H14N2O4S2. The lowest BCUT2D eigenvalue weighted by Crippen LogP contribution is -2.33. The first-order valence-corrected chi connectivity index (χ1v) is 8.37. The lowest BCUT2D eigenvalue weighted by atomic mass is 10.2. The number of nitrogen functional groups attached to an aromatic ring is 1. The van der Waals surface area contributed by atoms with E-state index in [4.69, 9.17) is 10.8 Å². The number of hydrogen-bond acceptors (Lipinski definition) is 5. The molecule has 0 aliphatic carbocycles. The third-order valence-corrected chi connectivity index (χ3v) is 5.96. The number of nitrogens with two attached hydrogens (primary N) is 1. The molecule has 3 N–H and O–H groups in total. The van der Waals surface area contributed by atoms with Gasteiger partial charge in [0.05, 0.1) is 17.8 Å². The number of para-hydroxylation sites is 2. The summed E-state index contributed by atoms with van der Waals surface area (Å²) in [7, 11) is -3.82. The molecule has 2 aromatic rings. The van der Waals surface area contributed by atoms with E-state index >= 15 is 0 Å². The number of hydrogen-bond donors (Lipinski definition) is 2. The number of anilines is 2. The minimum atomic E-state index is -3.82. The van der Waals surface area contributed by atoms with Crippen molar-refractivity contribution in [2.24, 2.45) is 0 Å². The summed E-state index contributed by atoms with van der Waals surface area (Å²) in [5.41, 5.74) is 6.39. The maximum absolute atomic E-state index is 12.6. The lowest BCUT2D eigenvalue weighted by molar-refractivity contribution is -0.136. The number of benzene rings is 1. The second-order valence-electron chi connectivity index (χ2n) is 4.21. The quantitative estimate of drug-likeness (QED) is 0.791. The Labute approximate surface area is 126 Å². The maximum Gasteiger partial charge on any atom is 0.305 e. The van der Waals surface area contributed by atoms with Gasteiger partial charge < -0.3 is 10.8 Å². The van der Waals surface area contributed by atoms with E-state index in [1.165, 1.54) is 6.07 Å². The molecule has 0 aliphatic rings. The molecule has 0 spiro atoms. The first-order valence-electron chi connectivity index (χ1n) is 6.05. The van der Waals surface area contributed by atoms with Crippen molar-refractivity contribution in [2.75, 3.05) is 16.6 Å². The van der Waals surface area contributed by atoms with Crippen molar-refractivity contribution in [1.82, 2.24) is 0 Å².